The number of amides is 2. The molecule has 2 amide bonds. The Morgan fingerprint density at radius 2 is 1.71 bits per heavy atom. The van der Waals surface area contributed by atoms with Gasteiger partial charge in [-0.1, -0.05) is 67.5 Å². The second-order valence-corrected chi connectivity index (χ2v) is 12.7. The van der Waals surface area contributed by atoms with Crippen molar-refractivity contribution in [2.45, 2.75) is 83.6 Å². The molecule has 0 saturated carbocycles. The van der Waals surface area contributed by atoms with E-state index in [1.54, 1.807) is 20.8 Å². The molecule has 1 aromatic heterocycles. The summed E-state index contributed by atoms with van der Waals surface area (Å²) >= 11 is 0. The largest absolute Gasteiger partial charge is 0.467 e. The molecule has 240 valence electrons. The molecule has 1 unspecified atom stereocenters. The van der Waals surface area contributed by atoms with Crippen LogP contribution in [0.1, 0.15) is 58.6 Å². The molecule has 0 fully saturated rings. The lowest BCUT2D eigenvalue weighted by Gasteiger charge is -2.29. The molecule has 0 saturated heterocycles. The number of aromatic nitrogens is 1. The summed E-state index contributed by atoms with van der Waals surface area (Å²) in [6.45, 7) is 9.03. The Labute approximate surface area is 263 Å². The standard InChI is InChI=1S/C34H42N4O7/c1-21(2)30(37-28(39)16-23-20-35-25-15-11-10-14-24(23)25)27-19-34(45-38-27,18-22-12-8-7-9-13-22)32(42)36-26(31(41)43-6)17-29(40)44-33(3,4)5/h7-15,20-21,26,30,35H,16-19H2,1-6H3,(H,36,42)(H,37,39)/t26-,30-,34?/m0/s1. The average molecular weight is 619 g/mol. The van der Waals surface area contributed by atoms with Crippen molar-refractivity contribution in [2.75, 3.05) is 7.11 Å². The number of esters is 2. The third-order valence-electron chi connectivity index (χ3n) is 7.50. The summed E-state index contributed by atoms with van der Waals surface area (Å²) in [5.41, 5.74) is 0.777. The first-order valence-corrected chi connectivity index (χ1v) is 15.0. The Hall–Kier alpha value is -4.67. The maximum Gasteiger partial charge on any atom is 0.328 e. The van der Waals surface area contributed by atoms with E-state index in [0.29, 0.717) is 5.71 Å². The lowest BCUT2D eigenvalue weighted by Crippen LogP contribution is -2.55. The Morgan fingerprint density at radius 3 is 2.38 bits per heavy atom. The van der Waals surface area contributed by atoms with Crippen molar-refractivity contribution in [3.63, 3.8) is 0 Å². The molecule has 11 heteroatoms. The smallest absolute Gasteiger partial charge is 0.328 e. The van der Waals surface area contributed by atoms with Crippen LogP contribution >= 0.6 is 0 Å². The van der Waals surface area contributed by atoms with Crippen LogP contribution in [0.15, 0.2) is 65.9 Å². The lowest BCUT2D eigenvalue weighted by atomic mass is 9.84. The van der Waals surface area contributed by atoms with Crippen LogP contribution < -0.4 is 10.6 Å². The fourth-order valence-corrected chi connectivity index (χ4v) is 5.38. The number of oxime groups is 1. The van der Waals surface area contributed by atoms with E-state index < -0.39 is 47.6 Å². The van der Waals surface area contributed by atoms with Gasteiger partial charge in [0.1, 0.15) is 11.6 Å². The predicted octanol–water partition coefficient (Wildman–Crippen LogP) is 4.00. The molecule has 11 nitrogen and oxygen atoms in total. The summed E-state index contributed by atoms with van der Waals surface area (Å²) < 4.78 is 10.3. The van der Waals surface area contributed by atoms with Gasteiger partial charge in [0, 0.05) is 29.9 Å². The second kappa shape index (κ2) is 14.0. The normalized spacial score (nSPS) is 17.6. The summed E-state index contributed by atoms with van der Waals surface area (Å²) in [6, 6.07) is 15.2. The van der Waals surface area contributed by atoms with Crippen LogP contribution in [0.3, 0.4) is 0 Å². The van der Waals surface area contributed by atoms with Crippen molar-refractivity contribution in [1.29, 1.82) is 0 Å². The van der Waals surface area contributed by atoms with Crippen molar-refractivity contribution in [3.05, 3.63) is 71.9 Å². The molecule has 0 bridgehead atoms. The van der Waals surface area contributed by atoms with E-state index in [4.69, 9.17) is 14.3 Å². The zero-order valence-corrected chi connectivity index (χ0v) is 26.6. The maximum atomic E-state index is 14.0. The quantitative estimate of drug-likeness (QED) is 0.260. The number of hydrogen-bond donors (Lipinski definition) is 3. The number of ether oxygens (including phenoxy) is 2. The van der Waals surface area contributed by atoms with Gasteiger partial charge in [0.15, 0.2) is 0 Å². The molecule has 0 radical (unpaired) electrons. The molecule has 3 atom stereocenters. The molecule has 3 aromatic rings. The number of carbonyl (C=O) groups excluding carboxylic acids is 4. The van der Waals surface area contributed by atoms with Gasteiger partial charge in [0.2, 0.25) is 11.5 Å². The highest BCUT2D eigenvalue weighted by atomic mass is 16.7. The molecular formula is C34H42N4O7. The number of carbonyl (C=O) groups is 4. The van der Waals surface area contributed by atoms with Gasteiger partial charge >= 0.3 is 11.9 Å². The number of para-hydroxylation sites is 1. The van der Waals surface area contributed by atoms with Crippen molar-refractivity contribution >= 4 is 40.4 Å². The van der Waals surface area contributed by atoms with Gasteiger partial charge < -0.3 is 29.9 Å². The van der Waals surface area contributed by atoms with Crippen molar-refractivity contribution in [2.24, 2.45) is 11.1 Å². The van der Waals surface area contributed by atoms with E-state index >= 15 is 0 Å². The fraction of sp³-hybridized carbons (Fsp3) is 0.441. The molecule has 2 aromatic carbocycles. The number of rotatable bonds is 12. The molecule has 0 spiro atoms. The summed E-state index contributed by atoms with van der Waals surface area (Å²) in [6.07, 6.45) is 1.73. The van der Waals surface area contributed by atoms with E-state index in [2.05, 4.69) is 20.8 Å². The van der Waals surface area contributed by atoms with Gasteiger partial charge in [0.25, 0.3) is 5.91 Å². The number of hydrogen-bond acceptors (Lipinski definition) is 8. The number of nitrogens with one attached hydrogen (secondary N) is 3. The molecular weight excluding hydrogens is 576 g/mol. The number of methoxy groups -OCH3 is 1. The van der Waals surface area contributed by atoms with E-state index in [9.17, 15) is 19.2 Å². The minimum absolute atomic E-state index is 0.0459. The zero-order chi connectivity index (χ0) is 32.8. The van der Waals surface area contributed by atoms with Gasteiger partial charge in [-0.2, -0.15) is 0 Å². The van der Waals surface area contributed by atoms with Crippen molar-refractivity contribution < 1.29 is 33.5 Å². The van der Waals surface area contributed by atoms with Crippen LogP contribution in [0.2, 0.25) is 0 Å². The van der Waals surface area contributed by atoms with E-state index in [1.165, 1.54) is 7.11 Å². The van der Waals surface area contributed by atoms with Crippen molar-refractivity contribution in [3.8, 4) is 0 Å². The van der Waals surface area contributed by atoms with Gasteiger partial charge in [-0.3, -0.25) is 14.4 Å². The first kappa shape index (κ1) is 33.2. The monoisotopic (exact) mass is 618 g/mol. The van der Waals surface area contributed by atoms with Gasteiger partial charge in [-0.25, -0.2) is 4.79 Å². The zero-order valence-electron chi connectivity index (χ0n) is 26.6. The highest BCUT2D eigenvalue weighted by Gasteiger charge is 2.49. The summed E-state index contributed by atoms with van der Waals surface area (Å²) in [5, 5.41) is 11.1. The van der Waals surface area contributed by atoms with E-state index in [0.717, 1.165) is 22.0 Å². The van der Waals surface area contributed by atoms with Crippen LogP contribution in [-0.2, 0) is 46.3 Å². The summed E-state index contributed by atoms with van der Waals surface area (Å²) in [5.74, 6) is -2.39. The topological polar surface area (TPSA) is 148 Å². The van der Waals surface area contributed by atoms with Gasteiger partial charge in [-0.05, 0) is 43.9 Å². The lowest BCUT2D eigenvalue weighted by molar-refractivity contribution is -0.160. The molecule has 2 heterocycles. The SMILES string of the molecule is COC(=O)[C@H](CC(=O)OC(C)(C)C)NC(=O)C1(Cc2ccccc2)CC([C@@H](NC(=O)Cc2c[nH]c3ccccc23)C(C)C)=NO1. The first-order chi connectivity index (χ1) is 21.3. The molecule has 1 aliphatic rings. The number of nitrogens with zero attached hydrogens (tertiary/aromatic N) is 1. The summed E-state index contributed by atoms with van der Waals surface area (Å²) in [4.78, 5) is 61.7. The molecule has 4 rings (SSSR count). The van der Waals surface area contributed by atoms with Crippen LogP contribution in [0.25, 0.3) is 10.9 Å². The van der Waals surface area contributed by atoms with Gasteiger partial charge in [0.05, 0.1) is 31.7 Å². The van der Waals surface area contributed by atoms with Crippen LogP contribution in [0.4, 0.5) is 0 Å². The van der Waals surface area contributed by atoms with E-state index in [-0.39, 0.29) is 31.1 Å². The molecule has 3 N–H and O–H groups in total. The van der Waals surface area contributed by atoms with Crippen LogP contribution in [0, 0.1) is 5.92 Å². The Balaban J connectivity index is 1.54. The molecule has 45 heavy (non-hydrogen) atoms. The van der Waals surface area contributed by atoms with Crippen LogP contribution in [-0.4, -0.2) is 64.8 Å². The van der Waals surface area contributed by atoms with E-state index in [1.807, 2.05) is 74.6 Å². The average Bonchev–Trinajstić information content (AvgIpc) is 3.59. The maximum absolute atomic E-state index is 14.0. The Bertz CT molecular complexity index is 1560. The third kappa shape index (κ3) is 8.49. The minimum Gasteiger partial charge on any atom is -0.467 e. The third-order valence-corrected chi connectivity index (χ3v) is 7.50. The minimum atomic E-state index is -1.55. The Morgan fingerprint density at radius 1 is 1.02 bits per heavy atom. The highest BCUT2D eigenvalue weighted by Crippen LogP contribution is 2.32. The number of fused-ring (bicyclic) bond motifs is 1. The number of H-pyrrole nitrogens is 1. The second-order valence-electron chi connectivity index (χ2n) is 12.7. The Kier molecular flexibility index (Phi) is 10.3. The number of benzene rings is 2. The predicted molar refractivity (Wildman–Crippen MR) is 169 cm³/mol. The highest BCUT2D eigenvalue weighted by molar-refractivity contribution is 6.01. The number of aromatic amines is 1. The van der Waals surface area contributed by atoms with Crippen LogP contribution in [0.5, 0.6) is 0 Å². The molecule has 1 aliphatic heterocycles. The first-order valence-electron chi connectivity index (χ1n) is 15.0. The van der Waals surface area contributed by atoms with Crippen molar-refractivity contribution in [1.82, 2.24) is 15.6 Å². The molecule has 0 aliphatic carbocycles. The summed E-state index contributed by atoms with van der Waals surface area (Å²) in [7, 11) is 1.18. The van der Waals surface area contributed by atoms with Gasteiger partial charge in [-0.15, -0.1) is 0 Å². The fourth-order valence-electron chi connectivity index (χ4n) is 5.38.